The molecule has 1 saturated carbocycles. The number of rotatable bonds is 7. The molecule has 1 aliphatic rings. The molecule has 172 valence electrons. The Kier molecular flexibility index (Phi) is 6.82. The van der Waals surface area contributed by atoms with Crippen LogP contribution in [0.1, 0.15) is 53.4 Å². The summed E-state index contributed by atoms with van der Waals surface area (Å²) in [6, 6.07) is 18.0. The second-order valence-electron chi connectivity index (χ2n) is 8.82. The fourth-order valence-corrected chi connectivity index (χ4v) is 4.44. The van der Waals surface area contributed by atoms with Crippen LogP contribution < -0.4 is 15.1 Å². The van der Waals surface area contributed by atoms with Crippen LogP contribution in [-0.2, 0) is 4.79 Å². The van der Waals surface area contributed by atoms with Crippen molar-refractivity contribution in [3.63, 3.8) is 0 Å². The molecule has 6 heteroatoms. The molecule has 0 radical (unpaired) electrons. The Hall–Kier alpha value is -3.54. The van der Waals surface area contributed by atoms with Crippen LogP contribution >= 0.6 is 0 Å². The molecule has 1 aliphatic carbocycles. The number of hydrogen-bond acceptors (Lipinski definition) is 4. The molecule has 2 amide bonds. The van der Waals surface area contributed by atoms with E-state index in [2.05, 4.69) is 5.32 Å². The smallest absolute Gasteiger partial charge is 0.294 e. The number of benzene rings is 2. The Balaban J connectivity index is 1.82. The van der Waals surface area contributed by atoms with E-state index in [1.165, 1.54) is 6.26 Å². The van der Waals surface area contributed by atoms with Crippen molar-refractivity contribution < 1.29 is 14.0 Å². The molecular weight excluding hydrogens is 414 g/mol. The Morgan fingerprint density at radius 2 is 1.67 bits per heavy atom. The van der Waals surface area contributed by atoms with Crippen molar-refractivity contribution in [2.24, 2.45) is 0 Å². The van der Waals surface area contributed by atoms with Gasteiger partial charge in [-0.25, -0.2) is 0 Å². The summed E-state index contributed by atoms with van der Waals surface area (Å²) >= 11 is 0. The molecule has 2 aromatic carbocycles. The zero-order valence-electron chi connectivity index (χ0n) is 19.5. The maximum Gasteiger partial charge on any atom is 0.294 e. The van der Waals surface area contributed by atoms with Crippen molar-refractivity contribution in [2.75, 3.05) is 23.9 Å². The van der Waals surface area contributed by atoms with Gasteiger partial charge in [0.15, 0.2) is 5.76 Å². The van der Waals surface area contributed by atoms with Gasteiger partial charge in [-0.1, -0.05) is 43.2 Å². The number of nitrogens with one attached hydrogen (secondary N) is 1. The van der Waals surface area contributed by atoms with Crippen molar-refractivity contribution >= 4 is 23.2 Å². The molecular formula is C27H31N3O3. The minimum atomic E-state index is -0.833. The molecule has 1 atom stereocenters. The van der Waals surface area contributed by atoms with E-state index in [0.717, 1.165) is 42.5 Å². The zero-order chi connectivity index (χ0) is 23.4. The molecule has 1 aromatic heterocycles. The van der Waals surface area contributed by atoms with E-state index < -0.39 is 6.04 Å². The van der Waals surface area contributed by atoms with Crippen LogP contribution in [-0.4, -0.2) is 32.0 Å². The average Bonchev–Trinajstić information content (AvgIpc) is 3.52. The number of hydrogen-bond donors (Lipinski definition) is 1. The molecule has 0 saturated heterocycles. The number of para-hydroxylation sites is 1. The van der Waals surface area contributed by atoms with Crippen LogP contribution in [0.5, 0.6) is 0 Å². The first kappa shape index (κ1) is 22.6. The number of amides is 2. The van der Waals surface area contributed by atoms with Crippen LogP contribution in [0.4, 0.5) is 11.4 Å². The zero-order valence-corrected chi connectivity index (χ0v) is 19.5. The molecule has 1 fully saturated rings. The first-order valence-corrected chi connectivity index (χ1v) is 11.5. The predicted molar refractivity (Wildman–Crippen MR) is 131 cm³/mol. The number of furan rings is 1. The molecule has 0 aliphatic heterocycles. The van der Waals surface area contributed by atoms with Crippen molar-refractivity contribution in [3.8, 4) is 0 Å². The standard InChI is InChI=1S/C27H31N3O3/c1-19-9-4-7-12-23(19)30(27(32)24-13-8-18-33-24)25(26(31)28-21-10-5-6-11-21)20-14-16-22(17-15-20)29(2)3/h4,7-9,12-18,21,25H,5-6,10-11H2,1-3H3,(H,28,31)/t25-/m1/s1. The minimum absolute atomic E-state index is 0.137. The van der Waals surface area contributed by atoms with Crippen molar-refractivity contribution in [1.82, 2.24) is 5.32 Å². The van der Waals surface area contributed by atoms with Crippen LogP contribution in [0.3, 0.4) is 0 Å². The van der Waals surface area contributed by atoms with Crippen LogP contribution in [0, 0.1) is 6.92 Å². The summed E-state index contributed by atoms with van der Waals surface area (Å²) in [6.07, 6.45) is 5.63. The second-order valence-corrected chi connectivity index (χ2v) is 8.82. The van der Waals surface area contributed by atoms with Gasteiger partial charge in [0.1, 0.15) is 6.04 Å². The summed E-state index contributed by atoms with van der Waals surface area (Å²) < 4.78 is 5.46. The topological polar surface area (TPSA) is 65.8 Å². The number of anilines is 2. The third-order valence-corrected chi connectivity index (χ3v) is 6.26. The highest BCUT2D eigenvalue weighted by molar-refractivity contribution is 6.09. The highest BCUT2D eigenvalue weighted by Gasteiger charge is 2.36. The molecule has 0 bridgehead atoms. The Morgan fingerprint density at radius 1 is 0.970 bits per heavy atom. The molecule has 3 aromatic rings. The summed E-state index contributed by atoms with van der Waals surface area (Å²) in [5.74, 6) is -0.331. The number of aryl methyl sites for hydroxylation is 1. The van der Waals surface area contributed by atoms with Gasteiger partial charge in [0, 0.05) is 31.5 Å². The molecule has 1 N–H and O–H groups in total. The second kappa shape index (κ2) is 9.94. The number of carbonyl (C=O) groups is 2. The summed E-state index contributed by atoms with van der Waals surface area (Å²) in [7, 11) is 3.94. The molecule has 6 nitrogen and oxygen atoms in total. The van der Waals surface area contributed by atoms with Gasteiger partial charge < -0.3 is 14.6 Å². The minimum Gasteiger partial charge on any atom is -0.459 e. The number of carbonyl (C=O) groups excluding carboxylic acids is 2. The predicted octanol–water partition coefficient (Wildman–Crippen LogP) is 5.10. The Bertz CT molecular complexity index is 1080. The lowest BCUT2D eigenvalue weighted by molar-refractivity contribution is -0.123. The van der Waals surface area contributed by atoms with Gasteiger partial charge in [-0.2, -0.15) is 0 Å². The maximum atomic E-state index is 13.8. The summed E-state index contributed by atoms with van der Waals surface area (Å²) in [6.45, 7) is 1.94. The first-order valence-electron chi connectivity index (χ1n) is 11.5. The SMILES string of the molecule is Cc1ccccc1N(C(=O)c1ccco1)[C@@H](C(=O)NC1CCCC1)c1ccc(N(C)C)cc1. The monoisotopic (exact) mass is 445 g/mol. The Labute approximate surface area is 195 Å². The summed E-state index contributed by atoms with van der Waals surface area (Å²) in [5, 5.41) is 3.21. The fourth-order valence-electron chi connectivity index (χ4n) is 4.44. The molecule has 1 heterocycles. The van der Waals surface area contributed by atoms with Crippen molar-refractivity contribution in [1.29, 1.82) is 0 Å². The van der Waals surface area contributed by atoms with E-state index >= 15 is 0 Å². The molecule has 0 unspecified atom stereocenters. The van der Waals surface area contributed by atoms with Crippen LogP contribution in [0.25, 0.3) is 0 Å². The van der Waals surface area contributed by atoms with Crippen molar-refractivity contribution in [2.45, 2.75) is 44.7 Å². The van der Waals surface area contributed by atoms with Gasteiger partial charge in [0.25, 0.3) is 5.91 Å². The van der Waals surface area contributed by atoms with Gasteiger partial charge in [-0.05, 0) is 61.2 Å². The first-order chi connectivity index (χ1) is 16.0. The number of nitrogens with zero attached hydrogens (tertiary/aromatic N) is 2. The van der Waals surface area contributed by atoms with Gasteiger partial charge in [-0.15, -0.1) is 0 Å². The third kappa shape index (κ3) is 4.95. The molecule has 33 heavy (non-hydrogen) atoms. The van der Waals surface area contributed by atoms with E-state index in [0.29, 0.717) is 5.69 Å². The van der Waals surface area contributed by atoms with Gasteiger partial charge in [0.2, 0.25) is 5.91 Å². The molecule has 0 spiro atoms. The van der Waals surface area contributed by atoms with Gasteiger partial charge >= 0.3 is 0 Å². The quantitative estimate of drug-likeness (QED) is 0.549. The largest absolute Gasteiger partial charge is 0.459 e. The fraction of sp³-hybridized carbons (Fsp3) is 0.333. The highest BCUT2D eigenvalue weighted by atomic mass is 16.3. The highest BCUT2D eigenvalue weighted by Crippen LogP contribution is 2.33. The van der Waals surface area contributed by atoms with Gasteiger partial charge in [0.05, 0.1) is 6.26 Å². The normalized spacial score (nSPS) is 14.6. The van der Waals surface area contributed by atoms with Crippen molar-refractivity contribution in [3.05, 3.63) is 83.8 Å². The van der Waals surface area contributed by atoms with E-state index in [1.54, 1.807) is 17.0 Å². The van der Waals surface area contributed by atoms with Crippen LogP contribution in [0.15, 0.2) is 71.3 Å². The van der Waals surface area contributed by atoms with E-state index in [9.17, 15) is 9.59 Å². The van der Waals surface area contributed by atoms with E-state index in [-0.39, 0.29) is 23.6 Å². The van der Waals surface area contributed by atoms with Crippen LogP contribution in [0.2, 0.25) is 0 Å². The lowest BCUT2D eigenvalue weighted by atomic mass is 10.0. The summed E-state index contributed by atoms with van der Waals surface area (Å²) in [4.78, 5) is 31.1. The lowest BCUT2D eigenvalue weighted by Crippen LogP contribution is -2.46. The Morgan fingerprint density at radius 3 is 2.27 bits per heavy atom. The lowest BCUT2D eigenvalue weighted by Gasteiger charge is -2.33. The third-order valence-electron chi connectivity index (χ3n) is 6.26. The molecule has 4 rings (SSSR count). The maximum absolute atomic E-state index is 13.8. The summed E-state index contributed by atoms with van der Waals surface area (Å²) in [5.41, 5.74) is 3.36. The van der Waals surface area contributed by atoms with E-state index in [4.69, 9.17) is 4.42 Å². The van der Waals surface area contributed by atoms with Gasteiger partial charge in [-0.3, -0.25) is 14.5 Å². The average molecular weight is 446 g/mol. The van der Waals surface area contributed by atoms with E-state index in [1.807, 2.05) is 74.4 Å².